The van der Waals surface area contributed by atoms with Gasteiger partial charge in [0.25, 0.3) is 0 Å². The molecule has 0 amide bonds. The highest BCUT2D eigenvalue weighted by Gasteiger charge is 2.06. The molecule has 5 heteroatoms. The highest BCUT2D eigenvalue weighted by molar-refractivity contribution is 7.13. The second kappa shape index (κ2) is 5.16. The summed E-state index contributed by atoms with van der Waals surface area (Å²) in [6.07, 6.45) is 1.54. The molecule has 0 aliphatic heterocycles. The van der Waals surface area contributed by atoms with E-state index in [4.69, 9.17) is 4.74 Å². The summed E-state index contributed by atoms with van der Waals surface area (Å²) >= 11 is 1.61. The lowest BCUT2D eigenvalue weighted by Gasteiger charge is -2.03. The Bertz CT molecular complexity index is 665. The quantitative estimate of drug-likeness (QED) is 0.732. The lowest BCUT2D eigenvalue weighted by molar-refractivity contribution is 0.415. The minimum Gasteiger partial charge on any atom is -0.497 e. The van der Waals surface area contributed by atoms with E-state index >= 15 is 0 Å². The minimum absolute atomic E-state index is 0.668. The smallest absolute Gasteiger partial charge is 0.173 e. The first kappa shape index (κ1) is 11.8. The molecule has 0 radical (unpaired) electrons. The third-order valence-electron chi connectivity index (χ3n) is 2.66. The first-order valence-corrected chi connectivity index (χ1v) is 6.62. The number of rotatable bonds is 3. The first-order chi connectivity index (χ1) is 9.36. The van der Waals surface area contributed by atoms with Gasteiger partial charge < -0.3 is 4.74 Å². The van der Waals surface area contributed by atoms with Crippen LogP contribution in [0.2, 0.25) is 0 Å². The summed E-state index contributed by atoms with van der Waals surface area (Å²) in [4.78, 5) is 13.9. The zero-order valence-corrected chi connectivity index (χ0v) is 11.1. The van der Waals surface area contributed by atoms with Crippen LogP contribution < -0.4 is 4.74 Å². The molecule has 3 rings (SSSR count). The van der Waals surface area contributed by atoms with Crippen molar-refractivity contribution in [3.63, 3.8) is 0 Å². The third kappa shape index (κ3) is 2.46. The van der Waals surface area contributed by atoms with Crippen LogP contribution in [-0.2, 0) is 0 Å². The highest BCUT2D eigenvalue weighted by atomic mass is 32.1. The summed E-state index contributed by atoms with van der Waals surface area (Å²) in [6.45, 7) is 0. The van der Waals surface area contributed by atoms with Crippen molar-refractivity contribution >= 4 is 11.3 Å². The Morgan fingerprint density at radius 1 is 1.00 bits per heavy atom. The summed E-state index contributed by atoms with van der Waals surface area (Å²) in [5.74, 6) is 2.19. The van der Waals surface area contributed by atoms with Gasteiger partial charge in [-0.2, -0.15) is 0 Å². The monoisotopic (exact) mass is 269 g/mol. The molecule has 0 atom stereocenters. The predicted molar refractivity (Wildman–Crippen MR) is 75.1 cm³/mol. The summed E-state index contributed by atoms with van der Waals surface area (Å²) < 4.78 is 5.14. The van der Waals surface area contributed by atoms with Crippen LogP contribution in [0, 0.1) is 0 Å². The van der Waals surface area contributed by atoms with Crippen LogP contribution in [-0.4, -0.2) is 22.1 Å². The van der Waals surface area contributed by atoms with E-state index in [-0.39, 0.29) is 0 Å². The molecule has 0 bridgehead atoms. The fraction of sp³-hybridized carbons (Fsp3) is 0.0714. The number of hydrogen-bond donors (Lipinski definition) is 0. The molecule has 2 heterocycles. The maximum atomic E-state index is 5.14. The summed E-state index contributed by atoms with van der Waals surface area (Å²) in [7, 11) is 1.65. The maximum absolute atomic E-state index is 5.14. The van der Waals surface area contributed by atoms with Crippen molar-refractivity contribution in [2.75, 3.05) is 7.11 Å². The van der Waals surface area contributed by atoms with Gasteiger partial charge in [-0.3, -0.25) is 0 Å². The van der Waals surface area contributed by atoms with Crippen LogP contribution in [0.5, 0.6) is 5.75 Å². The van der Waals surface area contributed by atoms with Crippen molar-refractivity contribution < 1.29 is 4.74 Å². The lowest BCUT2D eigenvalue weighted by Crippen LogP contribution is -1.94. The third-order valence-corrected chi connectivity index (χ3v) is 3.53. The number of aromatic nitrogens is 3. The fourth-order valence-corrected chi connectivity index (χ4v) is 2.36. The molecule has 3 aromatic rings. The van der Waals surface area contributed by atoms with Crippen LogP contribution in [0.3, 0.4) is 0 Å². The van der Waals surface area contributed by atoms with Crippen LogP contribution in [0.1, 0.15) is 0 Å². The number of thiophene rings is 1. The van der Waals surface area contributed by atoms with Gasteiger partial charge in [0, 0.05) is 5.56 Å². The van der Waals surface area contributed by atoms with Crippen LogP contribution >= 0.6 is 11.3 Å². The SMILES string of the molecule is COc1ccc(-c2ncnc(-c3cccs3)n2)cc1. The first-order valence-electron chi connectivity index (χ1n) is 5.74. The molecule has 4 nitrogen and oxygen atoms in total. The van der Waals surface area contributed by atoms with Gasteiger partial charge >= 0.3 is 0 Å². The van der Waals surface area contributed by atoms with Gasteiger partial charge in [0.05, 0.1) is 12.0 Å². The van der Waals surface area contributed by atoms with E-state index in [1.165, 1.54) is 0 Å². The van der Waals surface area contributed by atoms with E-state index in [1.54, 1.807) is 24.8 Å². The molecule has 0 fully saturated rings. The zero-order valence-electron chi connectivity index (χ0n) is 10.3. The van der Waals surface area contributed by atoms with E-state index in [2.05, 4.69) is 15.0 Å². The average molecular weight is 269 g/mol. The molecule has 0 saturated heterocycles. The van der Waals surface area contributed by atoms with Gasteiger partial charge in [0.2, 0.25) is 0 Å². The standard InChI is InChI=1S/C14H11N3OS/c1-18-11-6-4-10(5-7-11)13-15-9-16-14(17-13)12-3-2-8-19-12/h2-9H,1H3. The van der Waals surface area contributed by atoms with Crippen LogP contribution in [0.15, 0.2) is 48.1 Å². The molecular weight excluding hydrogens is 258 g/mol. The normalized spacial score (nSPS) is 10.4. The minimum atomic E-state index is 0.668. The molecule has 94 valence electrons. The van der Waals surface area contributed by atoms with Crippen molar-refractivity contribution in [2.45, 2.75) is 0 Å². The van der Waals surface area contributed by atoms with E-state index < -0.39 is 0 Å². The molecule has 0 aliphatic rings. The summed E-state index contributed by atoms with van der Waals surface area (Å²) in [5, 5.41) is 2.01. The number of hydrogen-bond acceptors (Lipinski definition) is 5. The molecule has 0 N–H and O–H groups in total. The Kier molecular flexibility index (Phi) is 3.20. The second-order valence-electron chi connectivity index (χ2n) is 3.84. The van der Waals surface area contributed by atoms with Gasteiger partial charge in [-0.25, -0.2) is 15.0 Å². The topological polar surface area (TPSA) is 47.9 Å². The highest BCUT2D eigenvalue weighted by Crippen LogP contribution is 2.23. The van der Waals surface area contributed by atoms with Gasteiger partial charge in [-0.1, -0.05) is 6.07 Å². The summed E-state index contributed by atoms with van der Waals surface area (Å²) in [6, 6.07) is 11.6. The van der Waals surface area contributed by atoms with Crippen LogP contribution in [0.25, 0.3) is 22.1 Å². The second-order valence-corrected chi connectivity index (χ2v) is 4.79. The van der Waals surface area contributed by atoms with Crippen molar-refractivity contribution in [1.82, 2.24) is 15.0 Å². The molecule has 19 heavy (non-hydrogen) atoms. The molecule has 1 aromatic carbocycles. The predicted octanol–water partition coefficient (Wildman–Crippen LogP) is 3.28. The molecule has 0 spiro atoms. The fourth-order valence-electron chi connectivity index (χ4n) is 1.70. The van der Waals surface area contributed by atoms with Crippen molar-refractivity contribution in [3.05, 3.63) is 48.1 Å². The largest absolute Gasteiger partial charge is 0.497 e. The van der Waals surface area contributed by atoms with Crippen LogP contribution in [0.4, 0.5) is 0 Å². The van der Waals surface area contributed by atoms with Gasteiger partial charge in [-0.15, -0.1) is 11.3 Å². The number of benzene rings is 1. The van der Waals surface area contributed by atoms with E-state index in [0.29, 0.717) is 11.6 Å². The van der Waals surface area contributed by atoms with Crippen molar-refractivity contribution in [1.29, 1.82) is 0 Å². The molecule has 0 saturated carbocycles. The van der Waals surface area contributed by atoms with Crippen molar-refractivity contribution in [3.8, 4) is 27.8 Å². The Labute approximate surface area is 114 Å². The van der Waals surface area contributed by atoms with Gasteiger partial charge in [-0.05, 0) is 35.7 Å². The number of methoxy groups -OCH3 is 1. The Morgan fingerprint density at radius 2 is 1.79 bits per heavy atom. The van der Waals surface area contributed by atoms with Gasteiger partial charge in [0.15, 0.2) is 11.6 Å². The van der Waals surface area contributed by atoms with E-state index in [1.807, 2.05) is 41.8 Å². The van der Waals surface area contributed by atoms with E-state index in [0.717, 1.165) is 16.2 Å². The van der Waals surface area contributed by atoms with Crippen molar-refractivity contribution in [2.24, 2.45) is 0 Å². The molecule has 2 aromatic heterocycles. The Balaban J connectivity index is 1.98. The Hall–Kier alpha value is -2.27. The maximum Gasteiger partial charge on any atom is 0.173 e. The number of nitrogens with zero attached hydrogens (tertiary/aromatic N) is 3. The van der Waals surface area contributed by atoms with E-state index in [9.17, 15) is 0 Å². The average Bonchev–Trinajstić information content (AvgIpc) is 3.02. The molecule has 0 aliphatic carbocycles. The zero-order chi connectivity index (χ0) is 13.1. The lowest BCUT2D eigenvalue weighted by atomic mass is 10.2. The molecular formula is C14H11N3OS. The number of ether oxygens (including phenoxy) is 1. The molecule has 0 unspecified atom stereocenters. The Morgan fingerprint density at radius 3 is 2.47 bits per heavy atom. The summed E-state index contributed by atoms with van der Waals surface area (Å²) in [5.41, 5.74) is 0.945. The van der Waals surface area contributed by atoms with Gasteiger partial charge in [0.1, 0.15) is 12.1 Å².